The third-order valence-electron chi connectivity index (χ3n) is 4.88. The Bertz CT molecular complexity index is 957. The number of anilines is 1. The molecule has 2 N–H and O–H groups in total. The third kappa shape index (κ3) is 2.56. The first-order chi connectivity index (χ1) is 12.1. The van der Waals surface area contributed by atoms with Crippen molar-refractivity contribution in [2.24, 2.45) is 0 Å². The summed E-state index contributed by atoms with van der Waals surface area (Å²) >= 11 is 0. The summed E-state index contributed by atoms with van der Waals surface area (Å²) in [5.74, 6) is 1.67. The van der Waals surface area contributed by atoms with Gasteiger partial charge in [-0.1, -0.05) is 36.8 Å². The Morgan fingerprint density at radius 3 is 2.80 bits per heavy atom. The maximum absolute atomic E-state index is 12.6. The Morgan fingerprint density at radius 2 is 2.08 bits per heavy atom. The lowest BCUT2D eigenvalue weighted by molar-refractivity contribution is 0.0964. The van der Waals surface area contributed by atoms with Gasteiger partial charge in [0.2, 0.25) is 5.71 Å². The molecular formula is C20H21N3O2. The highest BCUT2D eigenvalue weighted by Crippen LogP contribution is 2.38. The first-order valence-corrected chi connectivity index (χ1v) is 8.59. The van der Waals surface area contributed by atoms with Crippen LogP contribution in [0, 0.1) is 6.92 Å². The van der Waals surface area contributed by atoms with E-state index in [1.165, 1.54) is 0 Å². The van der Waals surface area contributed by atoms with Gasteiger partial charge in [-0.2, -0.15) is 4.98 Å². The van der Waals surface area contributed by atoms with E-state index >= 15 is 0 Å². The van der Waals surface area contributed by atoms with Gasteiger partial charge < -0.3 is 15.1 Å². The highest BCUT2D eigenvalue weighted by molar-refractivity contribution is 6.10. The van der Waals surface area contributed by atoms with Crippen LogP contribution in [0.15, 0.2) is 34.7 Å². The van der Waals surface area contributed by atoms with Gasteiger partial charge in [-0.25, -0.2) is 0 Å². The zero-order chi connectivity index (χ0) is 17.6. The Morgan fingerprint density at radius 1 is 1.32 bits per heavy atom. The molecule has 0 saturated carbocycles. The number of carbonyl (C=O) groups is 1. The van der Waals surface area contributed by atoms with E-state index in [0.29, 0.717) is 23.0 Å². The Kier molecular flexibility index (Phi) is 3.71. The second-order valence-corrected chi connectivity index (χ2v) is 6.65. The number of nitrogens with one attached hydrogen (secondary N) is 2. The molecule has 3 heterocycles. The van der Waals surface area contributed by atoms with Crippen molar-refractivity contribution in [3.8, 4) is 11.3 Å². The summed E-state index contributed by atoms with van der Waals surface area (Å²) in [5, 5.41) is 6.83. The minimum absolute atomic E-state index is 0.160. The molecular weight excluding hydrogens is 314 g/mol. The molecule has 128 valence electrons. The molecule has 0 aliphatic carbocycles. The zero-order valence-corrected chi connectivity index (χ0v) is 14.6. The smallest absolute Gasteiger partial charge is 0.255 e. The predicted molar refractivity (Wildman–Crippen MR) is 99.1 cm³/mol. The summed E-state index contributed by atoms with van der Waals surface area (Å²) in [4.78, 5) is 17.2. The molecule has 1 atom stereocenters. The van der Waals surface area contributed by atoms with Crippen molar-refractivity contribution in [3.63, 3.8) is 0 Å². The molecule has 0 saturated heterocycles. The van der Waals surface area contributed by atoms with Crippen molar-refractivity contribution in [1.29, 1.82) is 0 Å². The van der Waals surface area contributed by atoms with E-state index in [0.717, 1.165) is 40.9 Å². The number of fused-ring (bicyclic) bond motifs is 2. The molecule has 25 heavy (non-hydrogen) atoms. The second kappa shape index (κ2) is 5.92. The largest absolute Gasteiger partial charge is 0.437 e. The molecule has 0 fully saturated rings. The first-order valence-electron chi connectivity index (χ1n) is 8.59. The van der Waals surface area contributed by atoms with Gasteiger partial charge in [-0.05, 0) is 30.9 Å². The Labute approximate surface area is 146 Å². The van der Waals surface area contributed by atoms with E-state index in [4.69, 9.17) is 4.42 Å². The number of carbonyl (C=O) groups excluding carboxylic acids is 1. The number of nitrogens with zero attached hydrogens (tertiary/aromatic N) is 1. The molecule has 1 aromatic carbocycles. The van der Waals surface area contributed by atoms with Gasteiger partial charge in [0.1, 0.15) is 11.6 Å². The van der Waals surface area contributed by atoms with E-state index in [1.54, 1.807) is 7.05 Å². The number of benzene rings is 1. The Balaban J connectivity index is 1.99. The lowest BCUT2D eigenvalue weighted by Crippen LogP contribution is -2.19. The number of hydrogen-bond acceptors (Lipinski definition) is 4. The molecule has 1 unspecified atom stereocenters. The van der Waals surface area contributed by atoms with E-state index in [9.17, 15) is 4.79 Å². The number of rotatable bonds is 2. The van der Waals surface area contributed by atoms with Crippen molar-refractivity contribution in [2.75, 3.05) is 18.9 Å². The number of furan rings is 1. The van der Waals surface area contributed by atoms with Gasteiger partial charge in [0, 0.05) is 19.2 Å². The van der Waals surface area contributed by atoms with E-state index in [2.05, 4.69) is 28.6 Å². The van der Waals surface area contributed by atoms with Crippen molar-refractivity contribution in [3.05, 3.63) is 47.0 Å². The molecule has 4 rings (SSSR count). The minimum atomic E-state index is -0.160. The molecule has 1 aliphatic heterocycles. The normalized spacial score (nSPS) is 16.4. The van der Waals surface area contributed by atoms with Crippen LogP contribution in [-0.4, -0.2) is 24.5 Å². The monoisotopic (exact) mass is 335 g/mol. The molecule has 2 aromatic heterocycles. The molecule has 0 radical (unpaired) electrons. The highest BCUT2D eigenvalue weighted by Gasteiger charge is 2.26. The number of aryl methyl sites for hydroxylation is 1. The predicted octanol–water partition coefficient (Wildman–Crippen LogP) is 4.08. The number of amides is 1. The maximum Gasteiger partial charge on any atom is 0.255 e. The third-order valence-corrected chi connectivity index (χ3v) is 4.88. The van der Waals surface area contributed by atoms with E-state index < -0.39 is 0 Å². The molecule has 1 aliphatic rings. The van der Waals surface area contributed by atoms with Gasteiger partial charge in [0.15, 0.2) is 0 Å². The zero-order valence-electron chi connectivity index (χ0n) is 14.6. The molecule has 1 amide bonds. The average molecular weight is 335 g/mol. The summed E-state index contributed by atoms with van der Waals surface area (Å²) in [6, 6.07) is 10.0. The van der Waals surface area contributed by atoms with Gasteiger partial charge in [-0.3, -0.25) is 4.79 Å². The SMILES string of the molecule is CNC(=O)c1c(-c2ccc(C)cc2)oc2nc3c(cc12)C(C)CCN3. The van der Waals surface area contributed by atoms with Crippen LogP contribution in [0.25, 0.3) is 22.4 Å². The summed E-state index contributed by atoms with van der Waals surface area (Å²) < 4.78 is 6.04. The van der Waals surface area contributed by atoms with Crippen LogP contribution in [0.3, 0.4) is 0 Å². The molecule has 0 spiro atoms. The first kappa shape index (κ1) is 15.7. The lowest BCUT2D eigenvalue weighted by Gasteiger charge is -2.22. The summed E-state index contributed by atoms with van der Waals surface area (Å²) in [6.45, 7) is 5.12. The van der Waals surface area contributed by atoms with Crippen LogP contribution in [0.2, 0.25) is 0 Å². The van der Waals surface area contributed by atoms with Crippen LogP contribution in [-0.2, 0) is 0 Å². The molecule has 3 aromatic rings. The quantitative estimate of drug-likeness (QED) is 0.740. The minimum Gasteiger partial charge on any atom is -0.437 e. The van der Waals surface area contributed by atoms with Crippen molar-refractivity contribution in [1.82, 2.24) is 10.3 Å². The van der Waals surface area contributed by atoms with Gasteiger partial charge in [0.05, 0.1) is 10.9 Å². The summed E-state index contributed by atoms with van der Waals surface area (Å²) in [6.07, 6.45) is 1.05. The van der Waals surface area contributed by atoms with Crippen LogP contribution in [0.5, 0.6) is 0 Å². The van der Waals surface area contributed by atoms with Crippen LogP contribution < -0.4 is 10.6 Å². The standard InChI is InChI=1S/C20H21N3O2/c1-11-4-6-13(7-5-11)17-16(19(24)21-3)15-10-14-12(2)8-9-22-18(14)23-20(15)25-17/h4-7,10,12H,8-9H2,1-3H3,(H,21,24)(H,22,23). The van der Waals surface area contributed by atoms with Crippen LogP contribution in [0.1, 0.15) is 40.7 Å². The topological polar surface area (TPSA) is 67.2 Å². The summed E-state index contributed by atoms with van der Waals surface area (Å²) in [5.41, 5.74) is 4.22. The molecule has 5 heteroatoms. The number of pyridine rings is 1. The molecule has 5 nitrogen and oxygen atoms in total. The number of hydrogen-bond donors (Lipinski definition) is 2. The Hall–Kier alpha value is -2.82. The van der Waals surface area contributed by atoms with Crippen molar-refractivity contribution >= 4 is 22.8 Å². The average Bonchev–Trinajstić information content (AvgIpc) is 2.99. The fourth-order valence-electron chi connectivity index (χ4n) is 3.38. The highest BCUT2D eigenvalue weighted by atomic mass is 16.3. The van der Waals surface area contributed by atoms with Gasteiger partial charge >= 0.3 is 0 Å². The maximum atomic E-state index is 12.6. The second-order valence-electron chi connectivity index (χ2n) is 6.65. The van der Waals surface area contributed by atoms with Gasteiger partial charge in [-0.15, -0.1) is 0 Å². The number of aromatic nitrogens is 1. The fourth-order valence-corrected chi connectivity index (χ4v) is 3.38. The van der Waals surface area contributed by atoms with Crippen LogP contribution in [0.4, 0.5) is 5.82 Å². The lowest BCUT2D eigenvalue weighted by atomic mass is 9.93. The molecule has 0 bridgehead atoms. The summed E-state index contributed by atoms with van der Waals surface area (Å²) in [7, 11) is 1.64. The fraction of sp³-hybridized carbons (Fsp3) is 0.300. The van der Waals surface area contributed by atoms with Gasteiger partial charge in [0.25, 0.3) is 5.91 Å². The van der Waals surface area contributed by atoms with Crippen LogP contribution >= 0.6 is 0 Å². The van der Waals surface area contributed by atoms with Crippen molar-refractivity contribution in [2.45, 2.75) is 26.2 Å². The van der Waals surface area contributed by atoms with Crippen molar-refractivity contribution < 1.29 is 9.21 Å². The van der Waals surface area contributed by atoms with E-state index in [1.807, 2.05) is 31.2 Å². The van der Waals surface area contributed by atoms with E-state index in [-0.39, 0.29) is 5.91 Å².